The van der Waals surface area contributed by atoms with Crippen molar-refractivity contribution in [3.05, 3.63) is 24.0 Å². The molecule has 0 aromatic carbocycles. The number of pyridine rings is 1. The fraction of sp³-hybridized carbons (Fsp3) is 0.652. The van der Waals surface area contributed by atoms with E-state index in [0.29, 0.717) is 18.8 Å². The Bertz CT molecular complexity index is 710. The van der Waals surface area contributed by atoms with Crippen molar-refractivity contribution in [2.75, 3.05) is 44.7 Å². The van der Waals surface area contributed by atoms with Gasteiger partial charge in [0.2, 0.25) is 5.91 Å². The van der Waals surface area contributed by atoms with E-state index >= 15 is 0 Å². The van der Waals surface area contributed by atoms with Crippen LogP contribution in [0.4, 0.5) is 5.69 Å². The minimum Gasteiger partial charge on any atom is -0.370 e. The van der Waals surface area contributed by atoms with Crippen molar-refractivity contribution in [1.82, 2.24) is 15.2 Å². The molecule has 0 saturated carbocycles. The third-order valence-electron chi connectivity index (χ3n) is 6.62. The minimum atomic E-state index is -0.304. The number of aromatic nitrogens is 1. The van der Waals surface area contributed by atoms with Gasteiger partial charge in [-0.15, -0.1) is 0 Å². The molecule has 1 unspecified atom stereocenters. The molecular weight excluding hydrogens is 380 g/mol. The van der Waals surface area contributed by atoms with Gasteiger partial charge in [0.05, 0.1) is 11.9 Å². The minimum absolute atomic E-state index is 0.0524. The number of nitrogens with one attached hydrogen (secondary N) is 1. The number of aldehydes is 2. The van der Waals surface area contributed by atoms with Gasteiger partial charge in [0.1, 0.15) is 12.6 Å². The molecule has 30 heavy (non-hydrogen) atoms. The van der Waals surface area contributed by atoms with Gasteiger partial charge in [-0.05, 0) is 62.7 Å². The summed E-state index contributed by atoms with van der Waals surface area (Å²) in [5.74, 6) is 0.597. The molecule has 3 heterocycles. The zero-order chi connectivity index (χ0) is 21.3. The molecule has 3 rings (SSSR count). The predicted molar refractivity (Wildman–Crippen MR) is 117 cm³/mol. The van der Waals surface area contributed by atoms with Gasteiger partial charge < -0.3 is 24.7 Å². The number of nitrogens with zero attached hydrogens (tertiary/aromatic N) is 3. The molecule has 164 valence electrons. The first-order valence-electron chi connectivity index (χ1n) is 11.2. The van der Waals surface area contributed by atoms with Crippen LogP contribution < -0.4 is 10.2 Å². The highest BCUT2D eigenvalue weighted by Crippen LogP contribution is 2.28. The van der Waals surface area contributed by atoms with E-state index in [4.69, 9.17) is 0 Å². The van der Waals surface area contributed by atoms with Crippen molar-refractivity contribution in [2.24, 2.45) is 11.8 Å². The number of carbonyl (C=O) groups excluding carboxylic acids is 3. The summed E-state index contributed by atoms with van der Waals surface area (Å²) in [6.45, 7) is 5.19. The molecule has 2 aliphatic heterocycles. The second kappa shape index (κ2) is 11.2. The molecular formula is C23H34N4O3. The Morgan fingerprint density at radius 2 is 1.90 bits per heavy atom. The molecule has 1 N–H and O–H groups in total. The fourth-order valence-corrected chi connectivity index (χ4v) is 4.56. The number of carbonyl (C=O) groups is 3. The first kappa shape index (κ1) is 22.4. The van der Waals surface area contributed by atoms with E-state index in [1.165, 1.54) is 0 Å². The standard InChI is InChI=1S/C23H34N4O3/c1-24-23(30)3-2-20(17-29)21-12-22(14-25-13-21)27-10-6-18(7-11-27)15-26-8-4-19(16-28)5-9-26/h12-14,16-20H,2-11,15H2,1H3,(H,24,30). The van der Waals surface area contributed by atoms with Gasteiger partial charge in [0, 0.05) is 51.1 Å². The van der Waals surface area contributed by atoms with E-state index in [-0.39, 0.29) is 17.7 Å². The third kappa shape index (κ3) is 6.11. The molecule has 1 aromatic rings. The maximum atomic E-state index is 11.6. The molecule has 7 heteroatoms. The quantitative estimate of drug-likeness (QED) is 0.623. The van der Waals surface area contributed by atoms with Crippen LogP contribution in [0.3, 0.4) is 0 Å². The average Bonchev–Trinajstić information content (AvgIpc) is 2.80. The van der Waals surface area contributed by atoms with Gasteiger partial charge in [-0.25, -0.2) is 0 Å². The number of anilines is 1. The van der Waals surface area contributed by atoms with Crippen LogP contribution in [0.15, 0.2) is 18.5 Å². The maximum Gasteiger partial charge on any atom is 0.219 e. The zero-order valence-electron chi connectivity index (χ0n) is 18.0. The lowest BCUT2D eigenvalue weighted by Gasteiger charge is -2.37. The number of amides is 1. The van der Waals surface area contributed by atoms with Crippen molar-refractivity contribution in [1.29, 1.82) is 0 Å². The van der Waals surface area contributed by atoms with Crippen LogP contribution in [0.5, 0.6) is 0 Å². The number of likely N-dealkylation sites (tertiary alicyclic amines) is 1. The summed E-state index contributed by atoms with van der Waals surface area (Å²) in [4.78, 5) is 43.2. The maximum absolute atomic E-state index is 11.6. The Morgan fingerprint density at radius 1 is 1.17 bits per heavy atom. The monoisotopic (exact) mass is 414 g/mol. The lowest BCUT2D eigenvalue weighted by molar-refractivity contribution is -0.120. The van der Waals surface area contributed by atoms with Crippen LogP contribution in [0.25, 0.3) is 0 Å². The second-order valence-corrected chi connectivity index (χ2v) is 8.64. The molecule has 2 fully saturated rings. The molecule has 1 atom stereocenters. The zero-order valence-corrected chi connectivity index (χ0v) is 18.0. The highest BCUT2D eigenvalue weighted by Gasteiger charge is 2.25. The van der Waals surface area contributed by atoms with Crippen molar-refractivity contribution in [2.45, 2.75) is 44.4 Å². The Balaban J connectivity index is 1.50. The van der Waals surface area contributed by atoms with E-state index in [0.717, 1.165) is 82.2 Å². The Kier molecular flexibility index (Phi) is 8.37. The molecule has 1 aromatic heterocycles. The van der Waals surface area contributed by atoms with E-state index in [9.17, 15) is 14.4 Å². The van der Waals surface area contributed by atoms with Crippen molar-refractivity contribution in [3.8, 4) is 0 Å². The summed E-state index contributed by atoms with van der Waals surface area (Å²) < 4.78 is 0. The third-order valence-corrected chi connectivity index (χ3v) is 6.62. The molecule has 0 aliphatic carbocycles. The summed E-state index contributed by atoms with van der Waals surface area (Å²) in [7, 11) is 1.61. The van der Waals surface area contributed by atoms with Crippen molar-refractivity contribution < 1.29 is 14.4 Å². The average molecular weight is 415 g/mol. The van der Waals surface area contributed by atoms with Gasteiger partial charge in [-0.1, -0.05) is 0 Å². The highest BCUT2D eigenvalue weighted by atomic mass is 16.1. The molecule has 1 amide bonds. The molecule has 2 saturated heterocycles. The smallest absolute Gasteiger partial charge is 0.219 e. The van der Waals surface area contributed by atoms with Gasteiger partial charge in [-0.3, -0.25) is 9.78 Å². The predicted octanol–water partition coefficient (Wildman–Crippen LogP) is 2.02. The van der Waals surface area contributed by atoms with Crippen LogP contribution in [0, 0.1) is 11.8 Å². The van der Waals surface area contributed by atoms with Crippen LogP contribution >= 0.6 is 0 Å². The normalized spacial score (nSPS) is 20.0. The molecule has 2 aliphatic rings. The van der Waals surface area contributed by atoms with Crippen LogP contribution in [-0.2, 0) is 14.4 Å². The largest absolute Gasteiger partial charge is 0.370 e. The second-order valence-electron chi connectivity index (χ2n) is 8.64. The van der Waals surface area contributed by atoms with Crippen LogP contribution in [0.2, 0.25) is 0 Å². The fourth-order valence-electron chi connectivity index (χ4n) is 4.56. The van der Waals surface area contributed by atoms with E-state index < -0.39 is 0 Å². The summed E-state index contributed by atoms with van der Waals surface area (Å²) in [6, 6.07) is 2.06. The SMILES string of the molecule is CNC(=O)CCC(C=O)c1cncc(N2CCC(CN3CCC(C=O)CC3)CC2)c1. The molecule has 0 bridgehead atoms. The summed E-state index contributed by atoms with van der Waals surface area (Å²) >= 11 is 0. The number of hydrogen-bond acceptors (Lipinski definition) is 6. The van der Waals surface area contributed by atoms with E-state index in [1.807, 2.05) is 6.20 Å². The Labute approximate surface area is 179 Å². The first-order chi connectivity index (χ1) is 14.6. The van der Waals surface area contributed by atoms with Gasteiger partial charge in [0.15, 0.2) is 0 Å². The molecule has 7 nitrogen and oxygen atoms in total. The first-order valence-corrected chi connectivity index (χ1v) is 11.2. The lowest BCUT2D eigenvalue weighted by Crippen LogP contribution is -2.41. The van der Waals surface area contributed by atoms with Gasteiger partial charge >= 0.3 is 0 Å². The van der Waals surface area contributed by atoms with Gasteiger partial charge in [0.25, 0.3) is 0 Å². The highest BCUT2D eigenvalue weighted by molar-refractivity contribution is 5.76. The Morgan fingerprint density at radius 3 is 2.53 bits per heavy atom. The molecule has 0 spiro atoms. The van der Waals surface area contributed by atoms with E-state index in [2.05, 4.69) is 26.2 Å². The number of piperidine rings is 2. The molecule has 0 radical (unpaired) electrons. The summed E-state index contributed by atoms with van der Waals surface area (Å²) in [6.07, 6.45) is 10.8. The Hall–Kier alpha value is -2.28. The topological polar surface area (TPSA) is 82.6 Å². The van der Waals surface area contributed by atoms with Crippen molar-refractivity contribution in [3.63, 3.8) is 0 Å². The number of rotatable bonds is 9. The van der Waals surface area contributed by atoms with Gasteiger partial charge in [-0.2, -0.15) is 0 Å². The summed E-state index contributed by atoms with van der Waals surface area (Å²) in [5, 5.41) is 2.60. The van der Waals surface area contributed by atoms with E-state index in [1.54, 1.807) is 13.2 Å². The number of hydrogen-bond donors (Lipinski definition) is 1. The lowest BCUT2D eigenvalue weighted by atomic mass is 9.92. The summed E-state index contributed by atoms with van der Waals surface area (Å²) in [5.41, 5.74) is 1.94. The van der Waals surface area contributed by atoms with Crippen LogP contribution in [-0.4, -0.2) is 68.1 Å². The van der Waals surface area contributed by atoms with Crippen LogP contribution in [0.1, 0.15) is 50.0 Å². The van der Waals surface area contributed by atoms with Crippen molar-refractivity contribution >= 4 is 24.2 Å².